The number of halogens is 1. The largest absolute Gasteiger partial charge is 0.354 e. The number of hydrogen-bond donors (Lipinski definition) is 1. The molecule has 21 heavy (non-hydrogen) atoms. The third-order valence-electron chi connectivity index (χ3n) is 3.30. The second kappa shape index (κ2) is 6.48. The Labute approximate surface area is 130 Å². The van der Waals surface area contributed by atoms with Gasteiger partial charge in [0.25, 0.3) is 0 Å². The minimum Gasteiger partial charge on any atom is -0.354 e. The van der Waals surface area contributed by atoms with Crippen LogP contribution in [0.4, 0.5) is 0 Å². The lowest BCUT2D eigenvalue weighted by molar-refractivity contribution is -0.121. The van der Waals surface area contributed by atoms with Crippen LogP contribution in [0.2, 0.25) is 0 Å². The summed E-state index contributed by atoms with van der Waals surface area (Å²) in [6.45, 7) is 8.97. The quantitative estimate of drug-likeness (QED) is 0.860. The van der Waals surface area contributed by atoms with Gasteiger partial charge in [0.2, 0.25) is 5.91 Å². The number of benzene rings is 1. The number of aromatic nitrogens is 2. The molecule has 1 unspecified atom stereocenters. The number of alkyl halides is 1. The highest BCUT2D eigenvalue weighted by Crippen LogP contribution is 2.25. The molecule has 0 aliphatic heterocycles. The molecule has 1 aromatic carbocycles. The van der Waals surface area contributed by atoms with Gasteiger partial charge in [0.15, 0.2) is 0 Å². The van der Waals surface area contributed by atoms with Crippen LogP contribution in [0.3, 0.4) is 0 Å². The van der Waals surface area contributed by atoms with E-state index in [1.165, 1.54) is 0 Å². The molecular formula is C16H22ClN3O. The Morgan fingerprint density at radius 2 is 2.10 bits per heavy atom. The number of nitrogens with one attached hydrogen (secondary N) is 1. The Morgan fingerprint density at radius 1 is 1.38 bits per heavy atom. The predicted molar refractivity (Wildman–Crippen MR) is 86.6 cm³/mol. The number of aryl methyl sites for hydroxylation is 1. The normalized spacial score (nSPS) is 12.9. The molecule has 0 fully saturated rings. The van der Waals surface area contributed by atoms with E-state index in [0.717, 1.165) is 22.4 Å². The molecular weight excluding hydrogens is 286 g/mol. The van der Waals surface area contributed by atoms with Crippen LogP contribution in [0.15, 0.2) is 18.2 Å². The second-order valence-electron chi connectivity index (χ2n) is 5.86. The maximum Gasteiger partial charge on any atom is 0.240 e. The zero-order valence-corrected chi connectivity index (χ0v) is 13.7. The highest BCUT2D eigenvalue weighted by Gasteiger charge is 2.17. The molecule has 2 rings (SSSR count). The Balaban J connectivity index is 2.32. The number of imidazole rings is 1. The summed E-state index contributed by atoms with van der Waals surface area (Å²) in [5.74, 6) is 1.15. The van der Waals surface area contributed by atoms with E-state index in [0.29, 0.717) is 12.5 Å². The van der Waals surface area contributed by atoms with E-state index in [4.69, 9.17) is 11.6 Å². The van der Waals surface area contributed by atoms with Crippen molar-refractivity contribution < 1.29 is 4.79 Å². The summed E-state index contributed by atoms with van der Waals surface area (Å²) in [5.41, 5.74) is 2.97. The molecule has 5 heteroatoms. The maximum atomic E-state index is 12.1. The van der Waals surface area contributed by atoms with E-state index < -0.39 is 0 Å². The van der Waals surface area contributed by atoms with Gasteiger partial charge < -0.3 is 9.88 Å². The van der Waals surface area contributed by atoms with Crippen molar-refractivity contribution in [1.82, 2.24) is 14.9 Å². The molecule has 114 valence electrons. The van der Waals surface area contributed by atoms with Crippen molar-refractivity contribution in [2.75, 3.05) is 6.54 Å². The molecule has 1 heterocycles. The fourth-order valence-electron chi connectivity index (χ4n) is 2.25. The lowest BCUT2D eigenvalue weighted by Crippen LogP contribution is -2.31. The van der Waals surface area contributed by atoms with Crippen LogP contribution >= 0.6 is 11.6 Å². The van der Waals surface area contributed by atoms with Crippen LogP contribution in [-0.2, 0) is 11.3 Å². The molecule has 1 N–H and O–H groups in total. The number of hydrogen-bond acceptors (Lipinski definition) is 2. The van der Waals surface area contributed by atoms with Gasteiger partial charge in [-0.25, -0.2) is 4.98 Å². The average molecular weight is 308 g/mol. The number of fused-ring (bicyclic) bond motifs is 1. The molecule has 1 aromatic heterocycles. The van der Waals surface area contributed by atoms with Crippen molar-refractivity contribution in [2.45, 2.75) is 39.6 Å². The van der Waals surface area contributed by atoms with E-state index >= 15 is 0 Å². The van der Waals surface area contributed by atoms with Gasteiger partial charge in [-0.3, -0.25) is 4.79 Å². The first-order chi connectivity index (χ1) is 9.88. The fraction of sp³-hybridized carbons (Fsp3) is 0.500. The zero-order chi connectivity index (χ0) is 15.6. The van der Waals surface area contributed by atoms with Crippen molar-refractivity contribution >= 4 is 28.5 Å². The zero-order valence-electron chi connectivity index (χ0n) is 13.0. The van der Waals surface area contributed by atoms with E-state index in [9.17, 15) is 4.79 Å². The second-order valence-corrected chi connectivity index (χ2v) is 6.52. The molecule has 2 aromatic rings. The van der Waals surface area contributed by atoms with Crippen molar-refractivity contribution in [3.63, 3.8) is 0 Å². The van der Waals surface area contributed by atoms with Gasteiger partial charge in [0, 0.05) is 6.54 Å². The van der Waals surface area contributed by atoms with Crippen molar-refractivity contribution in [1.29, 1.82) is 0 Å². The molecule has 0 aliphatic rings. The maximum absolute atomic E-state index is 12.1. The van der Waals surface area contributed by atoms with E-state index in [2.05, 4.69) is 24.1 Å². The van der Waals surface area contributed by atoms with Crippen LogP contribution in [0.5, 0.6) is 0 Å². The molecule has 0 bridgehead atoms. The highest BCUT2D eigenvalue weighted by atomic mass is 35.5. The first kappa shape index (κ1) is 15.8. The summed E-state index contributed by atoms with van der Waals surface area (Å²) in [6.07, 6.45) is 0. The summed E-state index contributed by atoms with van der Waals surface area (Å²) in [5, 5.41) is 2.69. The minimum atomic E-state index is -0.240. The Kier molecular flexibility index (Phi) is 4.88. The van der Waals surface area contributed by atoms with Gasteiger partial charge in [0.05, 0.1) is 16.4 Å². The van der Waals surface area contributed by atoms with Crippen LogP contribution in [-0.4, -0.2) is 22.0 Å². The number of amides is 1. The van der Waals surface area contributed by atoms with E-state index in [-0.39, 0.29) is 17.8 Å². The third-order valence-corrected chi connectivity index (χ3v) is 3.49. The molecule has 4 nitrogen and oxygen atoms in total. The number of nitrogens with zero attached hydrogens (tertiary/aromatic N) is 2. The van der Waals surface area contributed by atoms with Crippen molar-refractivity contribution in [3.05, 3.63) is 29.6 Å². The number of carbonyl (C=O) groups excluding carboxylic acids is 1. The van der Waals surface area contributed by atoms with Gasteiger partial charge in [-0.15, -0.1) is 11.6 Å². The topological polar surface area (TPSA) is 46.9 Å². The Hall–Kier alpha value is -1.55. The molecule has 0 aliphatic carbocycles. The van der Waals surface area contributed by atoms with Gasteiger partial charge in [-0.2, -0.15) is 0 Å². The number of carbonyl (C=O) groups is 1. The lowest BCUT2D eigenvalue weighted by Gasteiger charge is -2.12. The summed E-state index contributed by atoms with van der Waals surface area (Å²) < 4.78 is 1.90. The fourth-order valence-corrected chi connectivity index (χ4v) is 2.41. The number of rotatable bonds is 5. The predicted octanol–water partition coefficient (Wildman–Crippen LogP) is 3.42. The molecule has 0 saturated heterocycles. The molecule has 0 spiro atoms. The van der Waals surface area contributed by atoms with Gasteiger partial charge in [0.1, 0.15) is 12.4 Å². The Morgan fingerprint density at radius 3 is 2.71 bits per heavy atom. The monoisotopic (exact) mass is 307 g/mol. The summed E-state index contributed by atoms with van der Waals surface area (Å²) in [7, 11) is 0. The lowest BCUT2D eigenvalue weighted by atomic mass is 10.2. The Bertz CT molecular complexity index is 646. The van der Waals surface area contributed by atoms with Crippen molar-refractivity contribution in [2.24, 2.45) is 5.92 Å². The standard InChI is InChI=1S/C16H22ClN3O/c1-10(2)8-18-15(21)9-20-14-6-5-11(3)7-13(14)19-16(20)12(4)17/h5-7,10,12H,8-9H2,1-4H3,(H,18,21). The van der Waals surface area contributed by atoms with Gasteiger partial charge in [-0.1, -0.05) is 19.9 Å². The third kappa shape index (κ3) is 3.76. The first-order valence-electron chi connectivity index (χ1n) is 7.26. The van der Waals surface area contributed by atoms with Gasteiger partial charge in [-0.05, 0) is 37.5 Å². The van der Waals surface area contributed by atoms with Gasteiger partial charge >= 0.3 is 0 Å². The van der Waals surface area contributed by atoms with Crippen molar-refractivity contribution in [3.8, 4) is 0 Å². The van der Waals surface area contributed by atoms with Crippen LogP contribution in [0.1, 0.15) is 37.5 Å². The summed E-state index contributed by atoms with van der Waals surface area (Å²) >= 11 is 6.22. The minimum absolute atomic E-state index is 0.0119. The average Bonchev–Trinajstić information content (AvgIpc) is 2.74. The SMILES string of the molecule is Cc1ccc2c(c1)nc(C(C)Cl)n2CC(=O)NCC(C)C. The summed E-state index contributed by atoms with van der Waals surface area (Å²) in [6, 6.07) is 6.03. The smallest absolute Gasteiger partial charge is 0.240 e. The van der Waals surface area contributed by atoms with E-state index in [1.807, 2.05) is 36.6 Å². The molecule has 1 atom stereocenters. The highest BCUT2D eigenvalue weighted by molar-refractivity contribution is 6.20. The molecule has 0 radical (unpaired) electrons. The van der Waals surface area contributed by atoms with Crippen LogP contribution in [0, 0.1) is 12.8 Å². The first-order valence-corrected chi connectivity index (χ1v) is 7.69. The van der Waals surface area contributed by atoms with E-state index in [1.54, 1.807) is 0 Å². The summed E-state index contributed by atoms with van der Waals surface area (Å²) in [4.78, 5) is 16.7. The molecule has 0 saturated carbocycles. The van der Waals surface area contributed by atoms with Crippen LogP contribution < -0.4 is 5.32 Å². The molecule has 1 amide bonds. The van der Waals surface area contributed by atoms with Crippen LogP contribution in [0.25, 0.3) is 11.0 Å².